The van der Waals surface area contributed by atoms with Gasteiger partial charge in [-0.05, 0) is 120 Å². The van der Waals surface area contributed by atoms with E-state index in [1.54, 1.807) is 120 Å². The minimum Gasteiger partial charge on any atom is -0.502 e. The van der Waals surface area contributed by atoms with E-state index in [1.165, 1.54) is 24.8 Å². The minimum absolute atomic E-state index is 0.0591. The lowest BCUT2D eigenvalue weighted by molar-refractivity contribution is -0.159. The predicted molar refractivity (Wildman–Crippen MR) is 541 cm³/mol. The molecule has 0 aliphatic carbocycles. The first-order valence-electron chi connectivity index (χ1n) is 48.5. The van der Waals surface area contributed by atoms with Gasteiger partial charge in [0.05, 0.1) is 112 Å². The largest absolute Gasteiger partial charge is 0.502 e. The molecular formula is C104H150Cl2N6O35. The molecule has 9 heterocycles. The molecule has 0 radical (unpaired) electrons. The van der Waals surface area contributed by atoms with E-state index in [2.05, 4.69) is 56.9 Å². The van der Waals surface area contributed by atoms with Crippen LogP contribution in [-0.4, -0.2) is 294 Å². The third-order valence-corrected chi connectivity index (χ3v) is 20.4. The lowest BCUT2D eigenvalue weighted by atomic mass is 9.83. The molecule has 820 valence electrons. The molecule has 41 nitrogen and oxygen atoms in total. The molecule has 2 aromatic carbocycles. The summed E-state index contributed by atoms with van der Waals surface area (Å²) in [4.78, 5) is 168. The summed E-state index contributed by atoms with van der Waals surface area (Å²) < 4.78 is 100. The second-order valence-corrected chi connectivity index (χ2v) is 37.3. The van der Waals surface area contributed by atoms with Gasteiger partial charge >= 0.3 is 84.1 Å². The zero-order valence-electron chi connectivity index (χ0n) is 87.5. The van der Waals surface area contributed by atoms with E-state index < -0.39 is 203 Å². The van der Waals surface area contributed by atoms with Crippen molar-refractivity contribution in [3.05, 3.63) is 159 Å². The number of aliphatic hydroxyl groups is 2. The van der Waals surface area contributed by atoms with Crippen LogP contribution in [0.3, 0.4) is 0 Å². The molecule has 14 unspecified atom stereocenters. The van der Waals surface area contributed by atoms with Crippen molar-refractivity contribution in [1.29, 1.82) is 0 Å². The number of carbonyl (C=O) groups excluding carboxylic acids is 13. The van der Waals surface area contributed by atoms with E-state index in [1.807, 2.05) is 113 Å². The number of fused-ring (bicyclic) bond motifs is 9. The Morgan fingerprint density at radius 1 is 0.408 bits per heavy atom. The van der Waals surface area contributed by atoms with Gasteiger partial charge in [-0.2, -0.15) is 0 Å². The number of halogens is 2. The van der Waals surface area contributed by atoms with E-state index >= 15 is 0 Å². The molecule has 147 heavy (non-hydrogen) atoms. The normalized spacial score (nSPS) is 24.2. The molecule has 6 saturated heterocycles. The number of aliphatic hydroxyl groups excluding tert-OH is 2. The number of terminal acetylenes is 1. The van der Waals surface area contributed by atoms with Crippen molar-refractivity contribution >= 4 is 119 Å². The van der Waals surface area contributed by atoms with E-state index in [0.29, 0.717) is 19.6 Å². The molecule has 11 N–H and O–H groups in total. The van der Waals surface area contributed by atoms with Gasteiger partial charge in [0.25, 0.3) is 0 Å². The Hall–Kier alpha value is -12.1. The summed E-state index contributed by atoms with van der Waals surface area (Å²) in [7, 11) is 0. The van der Waals surface area contributed by atoms with Crippen LogP contribution in [0.1, 0.15) is 143 Å². The van der Waals surface area contributed by atoms with E-state index in [4.69, 9.17) is 122 Å². The summed E-state index contributed by atoms with van der Waals surface area (Å²) in [6.45, 7) is 41.4. The summed E-state index contributed by atoms with van der Waals surface area (Å²) >= 11 is 9.53. The topological polar surface area (TPSA) is 566 Å². The van der Waals surface area contributed by atoms with Crippen LogP contribution in [0.15, 0.2) is 147 Å². The first kappa shape index (κ1) is 129. The average molecular weight is 2120 g/mol. The zero-order valence-corrected chi connectivity index (χ0v) is 88.0. The molecule has 0 saturated carbocycles. The third-order valence-electron chi connectivity index (χ3n) is 20.4. The standard InChI is InChI=1S/C26H35NO7.C22H34N2O9.C20H26N2O5.C15H21NO7.C8H6O4.C4H8O.2C3H8O.C2H2.CH2Cl2/c1-6-16-31-23(28)21-19(7-2)33-20(14-13-18-11-9-8-10-12-18)22(21)24(29)32-17-15-27-25(30)34-26(3,4)5;1-21(2,3)32-19(27)23-9-11-29-17(25)15-13-7-8-14(31-13)16(15)18(26)30-12-10-24-20(28)33-22(4,5)6;1-2-15-17(19(23)25-12-10-21)18(20(24)26-13-11-22)16(27-15)9-8-14-6-4-3-5-7-14;1-15(2,3)23-14(20)16-6-7-21-13(19)11-9-5-4-8(22-9)10(11)12(17)18;9-7-5-3-1-2-4(11-3)6(5)8(10)12-7;1-3-5-4-2;2*1-2-3-4;1-2;2-1-3/h7-14,19-22H,2,6,15-17H2,1,3-5H3,(H,27,30);7-8,13-16H,9-12H2,1-6H3,(H,23,27)(H,24,28);2-9,15-18H,1,10-13,21-22H2;4-5,8-11H,6-7H2,1-3H3,(H,16,20)(H,17,18);1-6H;3H,1,4H2,2H3;2*4H,2-3H2,1H3;1-2H;1H2/b14-13+;;9-8+;;;;;;;/t;13?,14?,15-,16+;;8?,9?,10-,11+;3?,4?,5-,6+;;;;;/m...0....../s1/i;;;;;;;;1D;. The third kappa shape index (κ3) is 47.8. The molecule has 43 heteroatoms. The molecule has 11 rings (SSSR count). The number of cyclic esters (lactones) is 2. The van der Waals surface area contributed by atoms with E-state index in [0.717, 1.165) is 30.6 Å². The number of rotatable bonds is 36. The predicted octanol–water partition coefficient (Wildman–Crippen LogP) is 10.5. The molecule has 2 aromatic rings. The summed E-state index contributed by atoms with van der Waals surface area (Å²) in [5, 5.41) is 35.1. The number of carbonyl (C=O) groups is 14. The number of alkyl carbamates (subject to hydrolysis) is 4. The molecule has 0 aromatic heterocycles. The Bertz CT molecular complexity index is 4580. The van der Waals surface area contributed by atoms with Crippen molar-refractivity contribution in [2.75, 3.05) is 111 Å². The van der Waals surface area contributed by atoms with Crippen LogP contribution in [0.5, 0.6) is 0 Å². The van der Waals surface area contributed by atoms with Gasteiger partial charge in [0.1, 0.15) is 123 Å². The van der Waals surface area contributed by atoms with Gasteiger partial charge in [-0.25, -0.2) is 19.2 Å². The van der Waals surface area contributed by atoms with Crippen LogP contribution < -0.4 is 32.7 Å². The molecular weight excluding hydrogens is 1960 g/mol. The van der Waals surface area contributed by atoms with Crippen LogP contribution in [-0.2, 0) is 133 Å². The van der Waals surface area contributed by atoms with Crippen molar-refractivity contribution in [1.82, 2.24) is 21.3 Å². The number of amides is 4. The fraction of sp³-hybridized carbons (Fsp3) is 0.577. The van der Waals surface area contributed by atoms with E-state index in [-0.39, 0.29) is 115 Å². The molecule has 0 spiro atoms. The van der Waals surface area contributed by atoms with Gasteiger partial charge in [-0.1, -0.05) is 161 Å². The first-order valence-corrected chi connectivity index (χ1v) is 49.0. The highest BCUT2D eigenvalue weighted by Crippen LogP contribution is 2.46. The molecule has 9 aliphatic heterocycles. The Kier molecular flexibility index (Phi) is 60.8. The average Bonchev–Trinajstić information content (AvgIpc) is 1.58. The number of hydrogen-bond acceptors (Lipinski definition) is 36. The van der Waals surface area contributed by atoms with Crippen LogP contribution in [0.25, 0.3) is 12.2 Å². The highest BCUT2D eigenvalue weighted by atomic mass is 35.5. The van der Waals surface area contributed by atoms with Gasteiger partial charge < -0.3 is 133 Å². The quantitative estimate of drug-likeness (QED) is 0.00447. The zero-order chi connectivity index (χ0) is 111. The summed E-state index contributed by atoms with van der Waals surface area (Å²) in [6.07, 6.45) is 22.2. The monoisotopic (exact) mass is 2110 g/mol. The second-order valence-electron chi connectivity index (χ2n) is 36.5. The van der Waals surface area contributed by atoms with Gasteiger partial charge in [-0.15, -0.1) is 49.2 Å². The number of benzene rings is 2. The highest BCUT2D eigenvalue weighted by molar-refractivity contribution is 6.40. The number of aliphatic carboxylic acids is 1. The fourth-order valence-corrected chi connectivity index (χ4v) is 14.6. The number of hydrogen-bond donors (Lipinski definition) is 9. The van der Waals surface area contributed by atoms with Gasteiger partial charge in [0.2, 0.25) is 0 Å². The van der Waals surface area contributed by atoms with Crippen LogP contribution in [0, 0.1) is 72.0 Å². The number of ether oxygens (including phenoxy) is 18. The lowest BCUT2D eigenvalue weighted by Crippen LogP contribution is -2.40. The lowest BCUT2D eigenvalue weighted by Gasteiger charge is -2.23. The number of esters is 9. The Morgan fingerprint density at radius 2 is 0.660 bits per heavy atom. The molecule has 6 fully saturated rings. The second kappa shape index (κ2) is 69.2. The van der Waals surface area contributed by atoms with Gasteiger partial charge in [-0.3, -0.25) is 47.9 Å². The number of carboxylic acids is 1. The number of carboxylic acid groups (broad SMARTS) is 1. The fourth-order valence-electron chi connectivity index (χ4n) is 14.6. The maximum Gasteiger partial charge on any atom is 0.407 e. The van der Waals surface area contributed by atoms with Crippen LogP contribution in [0.4, 0.5) is 19.2 Å². The van der Waals surface area contributed by atoms with Crippen LogP contribution >= 0.6 is 23.2 Å². The Labute approximate surface area is 871 Å². The van der Waals surface area contributed by atoms with Crippen molar-refractivity contribution in [2.45, 2.75) is 213 Å². The summed E-state index contributed by atoms with van der Waals surface area (Å²) in [5.74, 6) is -13.8. The van der Waals surface area contributed by atoms with Crippen molar-refractivity contribution in [3.63, 3.8) is 0 Å². The Morgan fingerprint density at radius 3 is 0.905 bits per heavy atom. The van der Waals surface area contributed by atoms with Gasteiger partial charge in [0.15, 0.2) is 0 Å². The van der Waals surface area contributed by atoms with Crippen molar-refractivity contribution in [2.24, 2.45) is 70.6 Å². The number of nitrogens with two attached hydrogens (primary N) is 2. The number of nitrogens with one attached hydrogen (secondary N) is 4. The molecule has 4 amide bonds. The molecule has 20 atom stereocenters. The molecule has 9 aliphatic rings. The van der Waals surface area contributed by atoms with Crippen LogP contribution in [0.2, 0.25) is 0 Å². The SMILES string of the molecule is C=CC1OC(/C=C/c2ccccc2)C(C(=O)OCCN)C1C(=O)OCCN.C=CC1OC(/C=C/c2ccccc2)C(C(=O)OCCNC(=O)OC(C)(C)C)C1C(=O)OCCC.C=COCC.CC(C)(C)OC(=O)NCCOC(=O)[C@@H]1C2C=CC(O2)[C@@H]1C(=O)O.CC(C)(C)OC(=O)NCCOC(=O)[C@@H]1C2C=CC(O2)[C@@H]1C(=O)OCCNC(=O)OC(C)(C)C.CCCO.CCCO.ClCCl.O=C1OC(=O)[C@H]2C3C=CC(O3)[C@@H]12.[2H]C#C. The van der Waals surface area contributed by atoms with Crippen molar-refractivity contribution in [3.8, 4) is 12.8 Å². The van der Waals surface area contributed by atoms with Gasteiger partial charge in [0, 0.05) is 26.3 Å². The highest BCUT2D eigenvalue weighted by Gasteiger charge is 2.61. The summed E-state index contributed by atoms with van der Waals surface area (Å²) in [6, 6.07) is 19.1. The summed E-state index contributed by atoms with van der Waals surface area (Å²) in [5.41, 5.74) is 10.2. The Balaban J connectivity index is 0.000000609. The number of alkyl halides is 2. The minimum atomic E-state index is -1.09. The van der Waals surface area contributed by atoms with Crippen molar-refractivity contribution < 1.29 is 169 Å². The maximum atomic E-state index is 13.1. The maximum absolute atomic E-state index is 13.1. The molecule has 6 bridgehead atoms. The first-order chi connectivity index (χ1) is 70.1. The van der Waals surface area contributed by atoms with E-state index in [9.17, 15) is 72.2 Å². The smallest absolute Gasteiger partial charge is 0.407 e.